The molecule has 0 unspecified atom stereocenters. The van der Waals surface area contributed by atoms with E-state index < -0.39 is 0 Å². The fraction of sp³-hybridized carbons (Fsp3) is 0.667. The van der Waals surface area contributed by atoms with Crippen LogP contribution in [-0.4, -0.2) is 22.6 Å². The summed E-state index contributed by atoms with van der Waals surface area (Å²) in [5, 5.41) is -0.0301. The molecule has 2 nitrogen and oxygen atoms in total. The van der Waals surface area contributed by atoms with E-state index in [1.807, 2.05) is 0 Å². The number of hydrogen-bond donors (Lipinski definition) is 0. The Morgan fingerprint density at radius 2 is 2.44 bits per heavy atom. The molecule has 0 amide bonds. The topological polar surface area (TPSA) is 34.1 Å². The van der Waals surface area contributed by atoms with Gasteiger partial charge < -0.3 is 0 Å². The van der Waals surface area contributed by atoms with Gasteiger partial charge in [-0.1, -0.05) is 0 Å². The Bertz CT molecular complexity index is 153. The van der Waals surface area contributed by atoms with E-state index in [-0.39, 0.29) is 16.8 Å². The van der Waals surface area contributed by atoms with Gasteiger partial charge >= 0.3 is 0 Å². The number of carbonyl (C=O) groups is 2. The van der Waals surface area contributed by atoms with E-state index in [0.29, 0.717) is 12.2 Å². The Morgan fingerprint density at radius 3 is 2.67 bits per heavy atom. The average molecular weight is 144 g/mol. The van der Waals surface area contributed by atoms with Crippen LogP contribution in [-0.2, 0) is 9.59 Å². The molecule has 50 valence electrons. The van der Waals surface area contributed by atoms with Gasteiger partial charge in [0.15, 0.2) is 0 Å². The van der Waals surface area contributed by atoms with Gasteiger partial charge in [-0.3, -0.25) is 9.59 Å². The molecule has 1 aliphatic heterocycles. The van der Waals surface area contributed by atoms with Crippen molar-refractivity contribution < 1.29 is 9.59 Å². The van der Waals surface area contributed by atoms with Gasteiger partial charge in [-0.05, 0) is 6.92 Å². The monoisotopic (exact) mass is 144 g/mol. The van der Waals surface area contributed by atoms with E-state index in [9.17, 15) is 9.59 Å². The van der Waals surface area contributed by atoms with Crippen molar-refractivity contribution >= 4 is 23.3 Å². The maximum atomic E-state index is 10.6. The molecule has 0 radical (unpaired) electrons. The van der Waals surface area contributed by atoms with Crippen molar-refractivity contribution in [3.8, 4) is 0 Å². The zero-order valence-electron chi connectivity index (χ0n) is 5.22. The van der Waals surface area contributed by atoms with Crippen LogP contribution in [0.5, 0.6) is 0 Å². The summed E-state index contributed by atoms with van der Waals surface area (Å²) in [5.74, 6) is 0.871. The standard InChI is InChI=1S/C6H8O2S/c1-4(7)6-2-5(8)3-9-6/h6H,2-3H2,1H3/t6-/m0/s1. The predicted molar refractivity (Wildman–Crippen MR) is 36.6 cm³/mol. The first-order valence-electron chi connectivity index (χ1n) is 2.84. The van der Waals surface area contributed by atoms with Crippen LogP contribution in [0, 0.1) is 0 Å². The van der Waals surface area contributed by atoms with Crippen LogP contribution in [0.2, 0.25) is 0 Å². The molecule has 0 N–H and O–H groups in total. The zero-order valence-corrected chi connectivity index (χ0v) is 6.03. The second kappa shape index (κ2) is 2.52. The molecule has 1 heterocycles. The van der Waals surface area contributed by atoms with Gasteiger partial charge in [0.05, 0.1) is 11.0 Å². The number of thioether (sulfide) groups is 1. The van der Waals surface area contributed by atoms with E-state index in [4.69, 9.17) is 0 Å². The third-order valence-electron chi connectivity index (χ3n) is 1.31. The largest absolute Gasteiger partial charge is 0.299 e. The highest BCUT2D eigenvalue weighted by molar-refractivity contribution is 8.01. The lowest BCUT2D eigenvalue weighted by Gasteiger charge is -1.97. The molecule has 0 aromatic rings. The minimum Gasteiger partial charge on any atom is -0.299 e. The summed E-state index contributed by atoms with van der Waals surface area (Å²) in [6, 6.07) is 0. The summed E-state index contributed by atoms with van der Waals surface area (Å²) in [7, 11) is 0. The van der Waals surface area contributed by atoms with Gasteiger partial charge in [0, 0.05) is 6.42 Å². The van der Waals surface area contributed by atoms with Crippen molar-refractivity contribution in [2.45, 2.75) is 18.6 Å². The molecule has 1 fully saturated rings. The summed E-state index contributed by atoms with van der Waals surface area (Å²) in [5.41, 5.74) is 0. The quantitative estimate of drug-likeness (QED) is 0.542. The van der Waals surface area contributed by atoms with Gasteiger partial charge in [0.25, 0.3) is 0 Å². The molecular weight excluding hydrogens is 136 g/mol. The maximum absolute atomic E-state index is 10.6. The molecule has 1 aliphatic rings. The highest BCUT2D eigenvalue weighted by Gasteiger charge is 2.25. The van der Waals surface area contributed by atoms with Crippen LogP contribution in [0.3, 0.4) is 0 Å². The van der Waals surface area contributed by atoms with Crippen LogP contribution in [0.4, 0.5) is 0 Å². The summed E-state index contributed by atoms with van der Waals surface area (Å²) < 4.78 is 0. The molecule has 3 heteroatoms. The third kappa shape index (κ3) is 1.55. The van der Waals surface area contributed by atoms with Crippen LogP contribution in [0.25, 0.3) is 0 Å². The zero-order chi connectivity index (χ0) is 6.85. The smallest absolute Gasteiger partial charge is 0.144 e. The minimum atomic E-state index is -0.0301. The Hall–Kier alpha value is -0.310. The van der Waals surface area contributed by atoms with Crippen LogP contribution < -0.4 is 0 Å². The van der Waals surface area contributed by atoms with Crippen molar-refractivity contribution in [3.63, 3.8) is 0 Å². The number of hydrogen-bond acceptors (Lipinski definition) is 3. The molecule has 0 aromatic carbocycles. The minimum absolute atomic E-state index is 0.0301. The van der Waals surface area contributed by atoms with Gasteiger partial charge in [-0.15, -0.1) is 11.8 Å². The maximum Gasteiger partial charge on any atom is 0.144 e. The predicted octanol–water partition coefficient (Wildman–Crippen LogP) is 0.650. The van der Waals surface area contributed by atoms with Crippen molar-refractivity contribution in [1.29, 1.82) is 0 Å². The van der Waals surface area contributed by atoms with Crippen LogP contribution in [0.15, 0.2) is 0 Å². The summed E-state index contributed by atoms with van der Waals surface area (Å²) >= 11 is 1.46. The summed E-state index contributed by atoms with van der Waals surface area (Å²) in [4.78, 5) is 21.2. The number of carbonyl (C=O) groups excluding carboxylic acids is 2. The molecule has 1 rings (SSSR count). The molecule has 1 atom stereocenters. The lowest BCUT2D eigenvalue weighted by Crippen LogP contribution is -2.09. The lowest BCUT2D eigenvalue weighted by molar-refractivity contribution is -0.120. The molecule has 0 spiro atoms. The first-order valence-corrected chi connectivity index (χ1v) is 3.89. The SMILES string of the molecule is CC(=O)[C@@H]1CC(=O)CS1. The highest BCUT2D eigenvalue weighted by Crippen LogP contribution is 2.23. The van der Waals surface area contributed by atoms with E-state index in [0.717, 1.165) is 0 Å². The van der Waals surface area contributed by atoms with Crippen molar-refractivity contribution in [1.82, 2.24) is 0 Å². The Labute approximate surface area is 58.0 Å². The van der Waals surface area contributed by atoms with Gasteiger partial charge in [0.1, 0.15) is 11.6 Å². The van der Waals surface area contributed by atoms with Crippen molar-refractivity contribution in [2.24, 2.45) is 0 Å². The third-order valence-corrected chi connectivity index (χ3v) is 2.70. The van der Waals surface area contributed by atoms with Gasteiger partial charge in [0.2, 0.25) is 0 Å². The summed E-state index contributed by atoms with van der Waals surface area (Å²) in [6.07, 6.45) is 0.458. The molecule has 9 heavy (non-hydrogen) atoms. The highest BCUT2D eigenvalue weighted by atomic mass is 32.2. The molecule has 0 aromatic heterocycles. The van der Waals surface area contributed by atoms with E-state index in [2.05, 4.69) is 0 Å². The summed E-state index contributed by atoms with van der Waals surface area (Å²) in [6.45, 7) is 1.54. The Kier molecular flexibility index (Phi) is 1.90. The first kappa shape index (κ1) is 6.81. The van der Waals surface area contributed by atoms with E-state index in [1.165, 1.54) is 18.7 Å². The van der Waals surface area contributed by atoms with Gasteiger partial charge in [-0.25, -0.2) is 0 Å². The average Bonchev–Trinajstić information content (AvgIpc) is 2.14. The van der Waals surface area contributed by atoms with Crippen molar-refractivity contribution in [2.75, 3.05) is 5.75 Å². The number of rotatable bonds is 1. The molecule has 0 bridgehead atoms. The van der Waals surface area contributed by atoms with E-state index in [1.54, 1.807) is 0 Å². The van der Waals surface area contributed by atoms with Gasteiger partial charge in [-0.2, -0.15) is 0 Å². The normalized spacial score (nSPS) is 26.8. The second-order valence-corrected chi connectivity index (χ2v) is 3.34. The number of ketones is 2. The Balaban J connectivity index is 2.48. The second-order valence-electron chi connectivity index (χ2n) is 2.15. The molecular formula is C6H8O2S. The molecule has 0 saturated carbocycles. The Morgan fingerprint density at radius 1 is 1.78 bits per heavy atom. The van der Waals surface area contributed by atoms with E-state index >= 15 is 0 Å². The van der Waals surface area contributed by atoms with Crippen molar-refractivity contribution in [3.05, 3.63) is 0 Å². The lowest BCUT2D eigenvalue weighted by atomic mass is 10.2. The molecule has 1 saturated heterocycles. The fourth-order valence-corrected chi connectivity index (χ4v) is 1.82. The number of Topliss-reactive ketones (excluding diaryl/α,β-unsaturated/α-hetero) is 2. The fourth-order valence-electron chi connectivity index (χ4n) is 0.779. The molecule has 0 aliphatic carbocycles. The van der Waals surface area contributed by atoms with Crippen LogP contribution in [0.1, 0.15) is 13.3 Å². The van der Waals surface area contributed by atoms with Crippen LogP contribution >= 0.6 is 11.8 Å². The first-order chi connectivity index (χ1) is 4.20.